The van der Waals surface area contributed by atoms with Gasteiger partial charge in [0.1, 0.15) is 5.75 Å². The molecule has 1 aromatic rings. The van der Waals surface area contributed by atoms with E-state index in [4.69, 9.17) is 4.74 Å². The van der Waals surface area contributed by atoms with Crippen molar-refractivity contribution >= 4 is 17.8 Å². The third-order valence-corrected chi connectivity index (χ3v) is 3.89. The summed E-state index contributed by atoms with van der Waals surface area (Å²) < 4.78 is 5.40. The number of carboxylic acids is 1. The van der Waals surface area contributed by atoms with Gasteiger partial charge < -0.3 is 20.1 Å². The van der Waals surface area contributed by atoms with Crippen LogP contribution in [0.5, 0.6) is 5.75 Å². The van der Waals surface area contributed by atoms with E-state index >= 15 is 0 Å². The van der Waals surface area contributed by atoms with E-state index in [2.05, 4.69) is 5.32 Å². The second-order valence-electron chi connectivity index (χ2n) is 5.95. The van der Waals surface area contributed by atoms with E-state index in [-0.39, 0.29) is 24.7 Å². The monoisotopic (exact) mass is 334 g/mol. The van der Waals surface area contributed by atoms with Crippen LogP contribution in [0.2, 0.25) is 0 Å². The number of carboxylic acid groups (broad SMARTS) is 1. The first kappa shape index (κ1) is 17.8. The fraction of sp³-hybridized carbons (Fsp3) is 0.471. The molecule has 0 aliphatic carbocycles. The van der Waals surface area contributed by atoms with Crippen molar-refractivity contribution in [1.82, 2.24) is 10.2 Å². The number of amides is 2. The van der Waals surface area contributed by atoms with Crippen LogP contribution in [0.1, 0.15) is 36.4 Å². The van der Waals surface area contributed by atoms with Gasteiger partial charge in [-0.2, -0.15) is 0 Å². The van der Waals surface area contributed by atoms with E-state index in [1.54, 1.807) is 32.3 Å². The molecular formula is C17H22N2O5. The second-order valence-corrected chi connectivity index (χ2v) is 5.95. The smallest absolute Gasteiger partial charge is 0.330 e. The number of nitrogens with one attached hydrogen (secondary N) is 1. The molecule has 0 radical (unpaired) electrons. The van der Waals surface area contributed by atoms with Crippen molar-refractivity contribution in [2.24, 2.45) is 0 Å². The van der Waals surface area contributed by atoms with E-state index in [0.717, 1.165) is 17.7 Å². The number of rotatable bonds is 7. The van der Waals surface area contributed by atoms with Gasteiger partial charge in [-0.1, -0.05) is 6.07 Å². The normalized spacial score (nSPS) is 13.6. The lowest BCUT2D eigenvalue weighted by Crippen LogP contribution is -2.33. The van der Waals surface area contributed by atoms with Gasteiger partial charge in [0.15, 0.2) is 6.04 Å². The number of carbonyl (C=O) groups is 3. The van der Waals surface area contributed by atoms with Gasteiger partial charge >= 0.3 is 5.97 Å². The highest BCUT2D eigenvalue weighted by Gasteiger charge is 2.24. The summed E-state index contributed by atoms with van der Waals surface area (Å²) in [6.07, 6.45) is 1.48. The molecule has 2 rings (SSSR count). The molecule has 1 aliphatic rings. The Morgan fingerprint density at radius 3 is 2.71 bits per heavy atom. The Labute approximate surface area is 140 Å². The van der Waals surface area contributed by atoms with Gasteiger partial charge in [0.2, 0.25) is 11.8 Å². The first-order valence-corrected chi connectivity index (χ1v) is 7.86. The number of nitrogens with zero attached hydrogens (tertiary/aromatic N) is 1. The molecule has 1 unspecified atom stereocenters. The summed E-state index contributed by atoms with van der Waals surface area (Å²) in [5.74, 6) is -0.801. The van der Waals surface area contributed by atoms with Crippen molar-refractivity contribution in [3.63, 3.8) is 0 Å². The second kappa shape index (κ2) is 7.81. The molecular weight excluding hydrogens is 312 g/mol. The number of carbonyl (C=O) groups excluding carboxylic acids is 2. The van der Waals surface area contributed by atoms with Gasteiger partial charge in [0, 0.05) is 33.4 Å². The molecule has 0 aromatic heterocycles. The zero-order valence-corrected chi connectivity index (χ0v) is 13.9. The van der Waals surface area contributed by atoms with Crippen molar-refractivity contribution in [3.8, 4) is 5.75 Å². The summed E-state index contributed by atoms with van der Waals surface area (Å²) in [7, 11) is 3.31. The number of fused-ring (bicyclic) bond motifs is 1. The zero-order valence-electron chi connectivity index (χ0n) is 13.9. The maximum absolute atomic E-state index is 12.0. The highest BCUT2D eigenvalue weighted by molar-refractivity contribution is 5.85. The van der Waals surface area contributed by atoms with Crippen molar-refractivity contribution < 1.29 is 24.2 Å². The standard InChI is InChI=1S/C17H22N2O5/c1-19(2)15(21)5-3-4-14(20)18-16(17(22)23)12-6-7-13-11(10-12)8-9-24-13/h6-7,10,16H,3-5,8-9H2,1-2H3,(H,18,20)(H,22,23). The highest BCUT2D eigenvalue weighted by Crippen LogP contribution is 2.28. The molecule has 7 heteroatoms. The van der Waals surface area contributed by atoms with Crippen LogP contribution in [0, 0.1) is 0 Å². The minimum absolute atomic E-state index is 0.0591. The summed E-state index contributed by atoms with van der Waals surface area (Å²) >= 11 is 0. The molecule has 2 N–H and O–H groups in total. The van der Waals surface area contributed by atoms with Crippen molar-refractivity contribution in [2.75, 3.05) is 20.7 Å². The van der Waals surface area contributed by atoms with Crippen LogP contribution in [-0.2, 0) is 20.8 Å². The Kier molecular flexibility index (Phi) is 5.78. The minimum atomic E-state index is -1.12. The zero-order chi connectivity index (χ0) is 17.7. The Hall–Kier alpha value is -2.57. The van der Waals surface area contributed by atoms with Crippen LogP contribution >= 0.6 is 0 Å². The van der Waals surface area contributed by atoms with Crippen LogP contribution in [0.15, 0.2) is 18.2 Å². The minimum Gasteiger partial charge on any atom is -0.493 e. The number of hydrogen-bond acceptors (Lipinski definition) is 4. The summed E-state index contributed by atoms with van der Waals surface area (Å²) in [4.78, 5) is 36.4. The van der Waals surface area contributed by atoms with Crippen LogP contribution in [0.4, 0.5) is 0 Å². The molecule has 1 heterocycles. The van der Waals surface area contributed by atoms with Gasteiger partial charge in [-0.05, 0) is 29.7 Å². The Morgan fingerprint density at radius 1 is 1.29 bits per heavy atom. The number of benzene rings is 1. The molecule has 0 bridgehead atoms. The lowest BCUT2D eigenvalue weighted by Gasteiger charge is -2.16. The van der Waals surface area contributed by atoms with Gasteiger partial charge in [-0.25, -0.2) is 4.79 Å². The van der Waals surface area contributed by atoms with E-state index in [1.165, 1.54) is 4.90 Å². The van der Waals surface area contributed by atoms with Gasteiger partial charge in [-0.15, -0.1) is 0 Å². The molecule has 0 saturated heterocycles. The molecule has 0 fully saturated rings. The highest BCUT2D eigenvalue weighted by atomic mass is 16.5. The fourth-order valence-electron chi connectivity index (χ4n) is 2.53. The molecule has 24 heavy (non-hydrogen) atoms. The third kappa shape index (κ3) is 4.47. The molecule has 1 atom stereocenters. The van der Waals surface area contributed by atoms with Crippen molar-refractivity contribution in [1.29, 1.82) is 0 Å². The average Bonchev–Trinajstić information content (AvgIpc) is 2.99. The third-order valence-electron chi connectivity index (χ3n) is 3.89. The van der Waals surface area contributed by atoms with Crippen molar-refractivity contribution in [3.05, 3.63) is 29.3 Å². The summed E-state index contributed by atoms with van der Waals surface area (Å²) in [6.45, 7) is 0.586. The predicted octanol–water partition coefficient (Wildman–Crippen LogP) is 1.12. The van der Waals surface area contributed by atoms with Crippen LogP contribution in [0.25, 0.3) is 0 Å². The number of ether oxygens (including phenoxy) is 1. The number of hydrogen-bond donors (Lipinski definition) is 2. The Bertz CT molecular complexity index is 642. The van der Waals surface area contributed by atoms with Crippen LogP contribution in [-0.4, -0.2) is 48.5 Å². The lowest BCUT2D eigenvalue weighted by molar-refractivity contribution is -0.142. The van der Waals surface area contributed by atoms with E-state index in [1.807, 2.05) is 0 Å². The lowest BCUT2D eigenvalue weighted by atomic mass is 10.0. The molecule has 0 spiro atoms. The van der Waals surface area contributed by atoms with E-state index in [9.17, 15) is 19.5 Å². The van der Waals surface area contributed by atoms with Gasteiger partial charge in [0.05, 0.1) is 6.61 Å². The summed E-state index contributed by atoms with van der Waals surface area (Å²) in [5, 5.41) is 11.9. The van der Waals surface area contributed by atoms with Gasteiger partial charge in [0.25, 0.3) is 0 Å². The Morgan fingerprint density at radius 2 is 2.04 bits per heavy atom. The molecule has 2 amide bonds. The predicted molar refractivity (Wildman–Crippen MR) is 86.7 cm³/mol. The topological polar surface area (TPSA) is 95.9 Å². The fourth-order valence-corrected chi connectivity index (χ4v) is 2.53. The maximum atomic E-state index is 12.0. The molecule has 1 aromatic carbocycles. The first-order valence-electron chi connectivity index (χ1n) is 7.86. The molecule has 0 saturated carbocycles. The maximum Gasteiger partial charge on any atom is 0.330 e. The largest absolute Gasteiger partial charge is 0.493 e. The van der Waals surface area contributed by atoms with Crippen LogP contribution in [0.3, 0.4) is 0 Å². The van der Waals surface area contributed by atoms with E-state index < -0.39 is 12.0 Å². The van der Waals surface area contributed by atoms with E-state index in [0.29, 0.717) is 18.6 Å². The van der Waals surface area contributed by atoms with Crippen LogP contribution < -0.4 is 10.1 Å². The Balaban J connectivity index is 1.95. The van der Waals surface area contributed by atoms with Gasteiger partial charge in [-0.3, -0.25) is 9.59 Å². The average molecular weight is 334 g/mol. The molecule has 130 valence electrons. The summed E-state index contributed by atoms with van der Waals surface area (Å²) in [5.41, 5.74) is 1.47. The first-order chi connectivity index (χ1) is 11.4. The molecule has 7 nitrogen and oxygen atoms in total. The summed E-state index contributed by atoms with van der Waals surface area (Å²) in [6, 6.07) is 4.04. The molecule has 1 aliphatic heterocycles. The SMILES string of the molecule is CN(C)C(=O)CCCC(=O)NC(C(=O)O)c1ccc2c(c1)CCO2. The number of aliphatic carboxylic acids is 1. The quantitative estimate of drug-likeness (QED) is 0.779. The van der Waals surface area contributed by atoms with Crippen molar-refractivity contribution in [2.45, 2.75) is 31.7 Å².